The molecule has 3 nitrogen and oxygen atoms in total. The molecule has 92 valence electrons. The molecule has 0 spiro atoms. The topological polar surface area (TPSA) is 42.9 Å². The van der Waals surface area contributed by atoms with Gasteiger partial charge in [-0.15, -0.1) is 0 Å². The predicted molar refractivity (Wildman–Crippen MR) is 70.6 cm³/mol. The number of hydrogen-bond donors (Lipinski definition) is 0. The molecule has 0 saturated carbocycles. The molecule has 0 aliphatic carbocycles. The van der Waals surface area contributed by atoms with Gasteiger partial charge >= 0.3 is 0 Å². The summed E-state index contributed by atoms with van der Waals surface area (Å²) in [5.41, 5.74) is 2.65. The number of hydrogen-bond acceptors (Lipinski definition) is 3. The summed E-state index contributed by atoms with van der Waals surface area (Å²) in [5.74, 6) is 0.448. The molecule has 0 aliphatic heterocycles. The van der Waals surface area contributed by atoms with Gasteiger partial charge in [0.1, 0.15) is 5.69 Å². The number of aromatic nitrogens is 2. The Morgan fingerprint density at radius 1 is 1.17 bits per heavy atom. The summed E-state index contributed by atoms with van der Waals surface area (Å²) in [5, 5.41) is 0. The van der Waals surface area contributed by atoms with Gasteiger partial charge in [-0.1, -0.05) is 13.8 Å². The molecule has 18 heavy (non-hydrogen) atoms. The molecule has 0 atom stereocenters. The molecule has 0 aromatic carbocycles. The lowest BCUT2D eigenvalue weighted by Crippen LogP contribution is -2.07. The van der Waals surface area contributed by atoms with Gasteiger partial charge in [0.2, 0.25) is 0 Å². The first-order chi connectivity index (χ1) is 8.66. The van der Waals surface area contributed by atoms with E-state index in [2.05, 4.69) is 23.8 Å². The number of rotatable bonds is 4. The van der Waals surface area contributed by atoms with Crippen molar-refractivity contribution in [1.29, 1.82) is 0 Å². The van der Waals surface area contributed by atoms with Crippen LogP contribution in [0.1, 0.15) is 41.4 Å². The van der Waals surface area contributed by atoms with Crippen LogP contribution in [0.4, 0.5) is 0 Å². The average molecular weight is 240 g/mol. The Morgan fingerprint density at radius 2 is 1.89 bits per heavy atom. The van der Waals surface area contributed by atoms with Crippen LogP contribution in [-0.4, -0.2) is 15.8 Å². The normalized spacial score (nSPS) is 10.6. The lowest BCUT2D eigenvalue weighted by Gasteiger charge is -2.06. The molecular formula is C15H16N2O. The van der Waals surface area contributed by atoms with E-state index in [1.165, 1.54) is 0 Å². The van der Waals surface area contributed by atoms with E-state index in [0.717, 1.165) is 11.1 Å². The Bertz CT molecular complexity index is 535. The van der Waals surface area contributed by atoms with Crippen molar-refractivity contribution in [3.63, 3.8) is 0 Å². The van der Waals surface area contributed by atoms with Crippen molar-refractivity contribution in [2.24, 2.45) is 0 Å². The summed E-state index contributed by atoms with van der Waals surface area (Å²) in [6.45, 7) is 4.21. The van der Waals surface area contributed by atoms with Crippen molar-refractivity contribution in [1.82, 2.24) is 9.97 Å². The average Bonchev–Trinajstić information content (AvgIpc) is 2.40. The molecule has 0 bridgehead atoms. The first kappa shape index (κ1) is 12.4. The second kappa shape index (κ2) is 5.54. The van der Waals surface area contributed by atoms with E-state index in [0.29, 0.717) is 18.0 Å². The third-order valence-electron chi connectivity index (χ3n) is 2.85. The first-order valence-electron chi connectivity index (χ1n) is 6.05. The van der Waals surface area contributed by atoms with E-state index in [4.69, 9.17) is 0 Å². The van der Waals surface area contributed by atoms with Crippen LogP contribution in [0, 0.1) is 0 Å². The van der Waals surface area contributed by atoms with E-state index in [9.17, 15) is 4.79 Å². The van der Waals surface area contributed by atoms with Crippen molar-refractivity contribution in [3.8, 4) is 0 Å². The molecule has 0 unspecified atom stereocenters. The minimum absolute atomic E-state index is 0.0451. The van der Waals surface area contributed by atoms with Gasteiger partial charge in [-0.3, -0.25) is 14.8 Å². The van der Waals surface area contributed by atoms with Crippen LogP contribution in [-0.2, 0) is 6.42 Å². The highest BCUT2D eigenvalue weighted by molar-refractivity contribution is 5.95. The van der Waals surface area contributed by atoms with Gasteiger partial charge in [-0.25, -0.2) is 0 Å². The standard InChI is InChI=1S/C15H16N2O/c1-11(2)13-5-8-17-14(10-13)15(18)9-12-3-6-16-7-4-12/h3-8,10-11H,9H2,1-2H3. The van der Waals surface area contributed by atoms with Crippen molar-refractivity contribution >= 4 is 5.78 Å². The van der Waals surface area contributed by atoms with Crippen LogP contribution in [0.25, 0.3) is 0 Å². The van der Waals surface area contributed by atoms with Crippen molar-refractivity contribution in [2.45, 2.75) is 26.2 Å². The van der Waals surface area contributed by atoms with Gasteiger partial charge in [0.25, 0.3) is 0 Å². The van der Waals surface area contributed by atoms with Gasteiger partial charge in [-0.05, 0) is 41.3 Å². The number of carbonyl (C=O) groups excluding carboxylic acids is 1. The van der Waals surface area contributed by atoms with Gasteiger partial charge in [-0.2, -0.15) is 0 Å². The van der Waals surface area contributed by atoms with Gasteiger partial charge in [0, 0.05) is 25.0 Å². The summed E-state index contributed by atoms with van der Waals surface area (Å²) >= 11 is 0. The van der Waals surface area contributed by atoms with E-state index < -0.39 is 0 Å². The van der Waals surface area contributed by atoms with Gasteiger partial charge in [0.15, 0.2) is 5.78 Å². The number of nitrogens with zero attached hydrogens (tertiary/aromatic N) is 2. The van der Waals surface area contributed by atoms with E-state index in [1.54, 1.807) is 18.6 Å². The minimum atomic E-state index is 0.0451. The maximum absolute atomic E-state index is 12.1. The van der Waals surface area contributed by atoms with E-state index in [1.807, 2.05) is 24.3 Å². The van der Waals surface area contributed by atoms with Gasteiger partial charge in [0.05, 0.1) is 0 Å². The Morgan fingerprint density at radius 3 is 2.56 bits per heavy atom. The summed E-state index contributed by atoms with van der Waals surface area (Å²) < 4.78 is 0. The molecule has 2 heterocycles. The molecule has 0 amide bonds. The largest absolute Gasteiger partial charge is 0.292 e. The zero-order valence-corrected chi connectivity index (χ0v) is 10.6. The Kier molecular flexibility index (Phi) is 3.82. The first-order valence-corrected chi connectivity index (χ1v) is 6.05. The molecule has 0 radical (unpaired) electrons. The Balaban J connectivity index is 2.16. The molecule has 0 N–H and O–H groups in total. The molecule has 2 aromatic heterocycles. The molecule has 2 rings (SSSR count). The van der Waals surface area contributed by atoms with Crippen LogP contribution in [0.5, 0.6) is 0 Å². The second-order valence-electron chi connectivity index (χ2n) is 4.58. The fourth-order valence-corrected chi connectivity index (χ4v) is 1.74. The lowest BCUT2D eigenvalue weighted by atomic mass is 10.0. The molecular weight excluding hydrogens is 224 g/mol. The fourth-order valence-electron chi connectivity index (χ4n) is 1.74. The third kappa shape index (κ3) is 3.00. The minimum Gasteiger partial charge on any atom is -0.292 e. The molecule has 3 heteroatoms. The van der Waals surface area contributed by atoms with Crippen molar-refractivity contribution in [3.05, 3.63) is 59.7 Å². The van der Waals surface area contributed by atoms with Crippen molar-refractivity contribution < 1.29 is 4.79 Å². The van der Waals surface area contributed by atoms with Crippen LogP contribution < -0.4 is 0 Å². The van der Waals surface area contributed by atoms with Gasteiger partial charge < -0.3 is 0 Å². The number of carbonyl (C=O) groups is 1. The van der Waals surface area contributed by atoms with Crippen LogP contribution in [0.15, 0.2) is 42.9 Å². The zero-order valence-electron chi connectivity index (χ0n) is 10.6. The lowest BCUT2D eigenvalue weighted by molar-refractivity contribution is 0.0988. The van der Waals surface area contributed by atoms with Crippen LogP contribution in [0.2, 0.25) is 0 Å². The van der Waals surface area contributed by atoms with E-state index >= 15 is 0 Å². The summed E-state index contributed by atoms with van der Waals surface area (Å²) in [4.78, 5) is 20.2. The maximum atomic E-state index is 12.1. The fraction of sp³-hybridized carbons (Fsp3) is 0.267. The number of ketones is 1. The SMILES string of the molecule is CC(C)c1ccnc(C(=O)Cc2ccncc2)c1. The van der Waals surface area contributed by atoms with Crippen molar-refractivity contribution in [2.75, 3.05) is 0 Å². The molecule has 0 aliphatic rings. The monoisotopic (exact) mass is 240 g/mol. The molecule has 2 aromatic rings. The highest BCUT2D eigenvalue weighted by Gasteiger charge is 2.10. The maximum Gasteiger partial charge on any atom is 0.185 e. The van der Waals surface area contributed by atoms with Crippen LogP contribution >= 0.6 is 0 Å². The second-order valence-corrected chi connectivity index (χ2v) is 4.58. The molecule has 0 fully saturated rings. The number of Topliss-reactive ketones (excluding diaryl/α,β-unsaturated/α-hetero) is 1. The molecule has 0 saturated heterocycles. The zero-order chi connectivity index (χ0) is 13.0. The predicted octanol–water partition coefficient (Wildman–Crippen LogP) is 3.03. The Labute approximate surface area is 107 Å². The highest BCUT2D eigenvalue weighted by Crippen LogP contribution is 2.15. The smallest absolute Gasteiger partial charge is 0.185 e. The highest BCUT2D eigenvalue weighted by atomic mass is 16.1. The third-order valence-corrected chi connectivity index (χ3v) is 2.85. The summed E-state index contributed by atoms with van der Waals surface area (Å²) in [6, 6.07) is 7.54. The number of pyridine rings is 2. The van der Waals surface area contributed by atoms with Crippen LogP contribution in [0.3, 0.4) is 0 Å². The Hall–Kier alpha value is -2.03. The summed E-state index contributed by atoms with van der Waals surface area (Å²) in [6.07, 6.45) is 5.47. The quantitative estimate of drug-likeness (QED) is 0.771. The summed E-state index contributed by atoms with van der Waals surface area (Å²) in [7, 11) is 0. The van der Waals surface area contributed by atoms with E-state index in [-0.39, 0.29) is 5.78 Å².